The van der Waals surface area contributed by atoms with E-state index in [0.717, 1.165) is 11.3 Å². The molecule has 0 saturated carbocycles. The molecule has 1 atom stereocenters. The smallest absolute Gasteiger partial charge is 0.148 e. The van der Waals surface area contributed by atoms with Crippen LogP contribution in [0.3, 0.4) is 0 Å². The molecule has 0 aromatic heterocycles. The molecule has 0 bridgehead atoms. The number of carbonyl (C=O) groups excluding carboxylic acids is 1. The summed E-state index contributed by atoms with van der Waals surface area (Å²) in [6.07, 6.45) is 0.822. The van der Waals surface area contributed by atoms with E-state index in [1.54, 1.807) is 6.07 Å². The van der Waals surface area contributed by atoms with Crippen molar-refractivity contribution in [3.05, 3.63) is 30.1 Å². The number of rotatable bonds is 4. The van der Waals surface area contributed by atoms with Gasteiger partial charge in [-0.3, -0.25) is 4.79 Å². The molecule has 16 heavy (non-hydrogen) atoms. The topological polar surface area (TPSA) is 26.3 Å². The fraction of sp³-hybridized carbons (Fsp3) is 0.417. The van der Waals surface area contributed by atoms with Gasteiger partial charge in [0.15, 0.2) is 0 Å². The second kappa shape index (κ2) is 5.46. The van der Waals surface area contributed by atoms with Crippen LogP contribution in [0.25, 0.3) is 0 Å². The summed E-state index contributed by atoms with van der Waals surface area (Å²) in [5.74, 6) is 0.381. The Kier molecular flexibility index (Phi) is 3.96. The fourth-order valence-corrected chi connectivity index (χ4v) is 2.53. The molecule has 1 saturated heterocycles. The van der Waals surface area contributed by atoms with Gasteiger partial charge in [0.25, 0.3) is 0 Å². The summed E-state index contributed by atoms with van der Waals surface area (Å²) in [5, 5.41) is 0. The Balaban J connectivity index is 1.84. The molecule has 2 nitrogen and oxygen atoms in total. The minimum atomic E-state index is -0.262. The second-order valence-corrected chi connectivity index (χ2v) is 4.82. The lowest BCUT2D eigenvalue weighted by Gasteiger charge is -2.05. The van der Waals surface area contributed by atoms with Crippen molar-refractivity contribution in [1.82, 2.24) is 0 Å². The third-order valence-electron chi connectivity index (χ3n) is 2.56. The molecule has 1 fully saturated rings. The number of hydrogen-bond acceptors (Lipinski definition) is 3. The van der Waals surface area contributed by atoms with Crippen LogP contribution in [0.4, 0.5) is 4.39 Å². The summed E-state index contributed by atoms with van der Waals surface area (Å²) in [5.41, 5.74) is 0. The van der Waals surface area contributed by atoms with Gasteiger partial charge in [0.2, 0.25) is 0 Å². The highest BCUT2D eigenvalue weighted by atomic mass is 32.2. The molecule has 86 valence electrons. The molecular formula is C12H13FO2S. The molecule has 0 N–H and O–H groups in total. The summed E-state index contributed by atoms with van der Waals surface area (Å²) in [7, 11) is 0. The van der Waals surface area contributed by atoms with E-state index in [2.05, 4.69) is 0 Å². The SMILES string of the molecule is O=C(CSc1cccc(F)c1)C1CCOC1. The Hall–Kier alpha value is -0.870. The number of carbonyl (C=O) groups is 1. The maximum Gasteiger partial charge on any atom is 0.148 e. The van der Waals surface area contributed by atoms with Crippen LogP contribution in [0.1, 0.15) is 6.42 Å². The van der Waals surface area contributed by atoms with Crippen LogP contribution in [-0.2, 0) is 9.53 Å². The van der Waals surface area contributed by atoms with Crippen LogP contribution in [0, 0.1) is 11.7 Å². The highest BCUT2D eigenvalue weighted by Crippen LogP contribution is 2.22. The zero-order valence-corrected chi connectivity index (χ0v) is 9.63. The van der Waals surface area contributed by atoms with E-state index in [1.807, 2.05) is 6.07 Å². The predicted octanol–water partition coefficient (Wildman–Crippen LogP) is 2.52. The second-order valence-electron chi connectivity index (χ2n) is 3.77. The molecule has 1 aromatic rings. The van der Waals surface area contributed by atoms with Crippen molar-refractivity contribution in [2.24, 2.45) is 5.92 Å². The van der Waals surface area contributed by atoms with E-state index in [-0.39, 0.29) is 17.5 Å². The largest absolute Gasteiger partial charge is 0.381 e. The number of hydrogen-bond donors (Lipinski definition) is 0. The van der Waals surface area contributed by atoms with E-state index in [1.165, 1.54) is 23.9 Å². The standard InChI is InChI=1S/C12H13FO2S/c13-10-2-1-3-11(6-10)16-8-12(14)9-4-5-15-7-9/h1-3,6,9H,4-5,7-8H2. The average Bonchev–Trinajstić information content (AvgIpc) is 2.79. The zero-order valence-electron chi connectivity index (χ0n) is 8.82. The number of halogens is 1. The van der Waals surface area contributed by atoms with Gasteiger partial charge in [-0.1, -0.05) is 6.07 Å². The number of thioether (sulfide) groups is 1. The van der Waals surface area contributed by atoms with Gasteiger partial charge >= 0.3 is 0 Å². The molecule has 0 radical (unpaired) electrons. The minimum Gasteiger partial charge on any atom is -0.381 e. The molecule has 1 unspecified atom stereocenters. The number of Topliss-reactive ketones (excluding diaryl/α,β-unsaturated/α-hetero) is 1. The first-order chi connectivity index (χ1) is 7.75. The summed E-state index contributed by atoms with van der Waals surface area (Å²) in [6.45, 7) is 1.23. The first-order valence-corrected chi connectivity index (χ1v) is 6.23. The van der Waals surface area contributed by atoms with Crippen LogP contribution in [0.2, 0.25) is 0 Å². The lowest BCUT2D eigenvalue weighted by molar-refractivity contribution is -0.120. The van der Waals surface area contributed by atoms with Crippen molar-refractivity contribution >= 4 is 17.5 Å². The summed E-state index contributed by atoms with van der Waals surface area (Å²) < 4.78 is 18.0. The molecule has 1 aliphatic heterocycles. The van der Waals surface area contributed by atoms with Crippen molar-refractivity contribution in [3.63, 3.8) is 0 Å². The maximum atomic E-state index is 12.9. The van der Waals surface area contributed by atoms with Gasteiger partial charge in [0.05, 0.1) is 12.4 Å². The average molecular weight is 240 g/mol. The van der Waals surface area contributed by atoms with Gasteiger partial charge < -0.3 is 4.74 Å². The van der Waals surface area contributed by atoms with E-state index in [4.69, 9.17) is 4.74 Å². The predicted molar refractivity (Wildman–Crippen MR) is 61.1 cm³/mol. The summed E-state index contributed by atoms with van der Waals surface area (Å²) in [4.78, 5) is 12.5. The molecule has 0 amide bonds. The summed E-state index contributed by atoms with van der Waals surface area (Å²) in [6, 6.07) is 6.31. The lowest BCUT2D eigenvalue weighted by Crippen LogP contribution is -2.16. The molecule has 1 aliphatic rings. The highest BCUT2D eigenvalue weighted by Gasteiger charge is 2.23. The van der Waals surface area contributed by atoms with Crippen LogP contribution < -0.4 is 0 Å². The van der Waals surface area contributed by atoms with Gasteiger partial charge in [-0.25, -0.2) is 4.39 Å². The highest BCUT2D eigenvalue weighted by molar-refractivity contribution is 8.00. The molecule has 0 spiro atoms. The Morgan fingerprint density at radius 1 is 1.56 bits per heavy atom. The number of benzene rings is 1. The van der Waals surface area contributed by atoms with Gasteiger partial charge in [-0.05, 0) is 24.6 Å². The van der Waals surface area contributed by atoms with Crippen LogP contribution in [0.5, 0.6) is 0 Å². The lowest BCUT2D eigenvalue weighted by atomic mass is 10.1. The van der Waals surface area contributed by atoms with E-state index in [9.17, 15) is 9.18 Å². The maximum absolute atomic E-state index is 12.9. The number of ketones is 1. The van der Waals surface area contributed by atoms with Crippen molar-refractivity contribution in [3.8, 4) is 0 Å². The van der Waals surface area contributed by atoms with Crippen molar-refractivity contribution in [2.75, 3.05) is 19.0 Å². The Morgan fingerprint density at radius 2 is 2.44 bits per heavy atom. The minimum absolute atomic E-state index is 0.0426. The Labute approximate surface area is 98.2 Å². The molecule has 4 heteroatoms. The first kappa shape index (κ1) is 11.6. The van der Waals surface area contributed by atoms with Gasteiger partial charge in [-0.2, -0.15) is 0 Å². The third kappa shape index (κ3) is 3.06. The van der Waals surface area contributed by atoms with Crippen molar-refractivity contribution in [2.45, 2.75) is 11.3 Å². The molecule has 0 aliphatic carbocycles. The van der Waals surface area contributed by atoms with Crippen LogP contribution in [-0.4, -0.2) is 24.7 Å². The van der Waals surface area contributed by atoms with E-state index in [0.29, 0.717) is 19.0 Å². The monoisotopic (exact) mass is 240 g/mol. The van der Waals surface area contributed by atoms with Crippen molar-refractivity contribution < 1.29 is 13.9 Å². The van der Waals surface area contributed by atoms with Crippen LogP contribution in [0.15, 0.2) is 29.2 Å². The first-order valence-electron chi connectivity index (χ1n) is 5.24. The quantitative estimate of drug-likeness (QED) is 0.756. The zero-order chi connectivity index (χ0) is 11.4. The molecule has 1 heterocycles. The van der Waals surface area contributed by atoms with Gasteiger partial charge in [0, 0.05) is 17.4 Å². The molecule has 1 aromatic carbocycles. The molecule has 2 rings (SSSR count). The van der Waals surface area contributed by atoms with E-state index < -0.39 is 0 Å². The normalized spacial score (nSPS) is 19.9. The number of ether oxygens (including phenoxy) is 1. The Morgan fingerprint density at radius 3 is 3.12 bits per heavy atom. The third-order valence-corrected chi connectivity index (χ3v) is 3.58. The summed E-state index contributed by atoms with van der Waals surface area (Å²) >= 11 is 1.38. The van der Waals surface area contributed by atoms with Gasteiger partial charge in [0.1, 0.15) is 11.6 Å². The van der Waals surface area contributed by atoms with Gasteiger partial charge in [-0.15, -0.1) is 11.8 Å². The fourth-order valence-electron chi connectivity index (χ4n) is 1.62. The van der Waals surface area contributed by atoms with E-state index >= 15 is 0 Å². The van der Waals surface area contributed by atoms with Crippen molar-refractivity contribution in [1.29, 1.82) is 0 Å². The molecular weight excluding hydrogens is 227 g/mol. The Bertz CT molecular complexity index is 375. The van der Waals surface area contributed by atoms with Crippen LogP contribution >= 0.6 is 11.8 Å².